The molecule has 0 radical (unpaired) electrons. The van der Waals surface area contributed by atoms with Gasteiger partial charge in [0.25, 0.3) is 0 Å². The lowest BCUT2D eigenvalue weighted by Crippen LogP contribution is -2.55. The lowest BCUT2D eigenvalue weighted by molar-refractivity contribution is -0.138. The van der Waals surface area contributed by atoms with Crippen molar-refractivity contribution in [2.45, 2.75) is 32.4 Å². The highest BCUT2D eigenvalue weighted by atomic mass is 16.2. The number of nitrogens with zero attached hydrogens (tertiary/aromatic N) is 2. The summed E-state index contributed by atoms with van der Waals surface area (Å²) in [6.45, 7) is 8.88. The Morgan fingerprint density at radius 2 is 2.20 bits per heavy atom. The number of hydrogen-bond donors (Lipinski definition) is 1. The number of amides is 1. The van der Waals surface area contributed by atoms with Crippen LogP contribution < -0.4 is 5.32 Å². The predicted molar refractivity (Wildman–Crippen MR) is 59.7 cm³/mol. The number of carbonyl (C=O) groups excluding carboxylic acids is 1. The molecule has 2 saturated heterocycles. The summed E-state index contributed by atoms with van der Waals surface area (Å²) in [7, 11) is 0. The van der Waals surface area contributed by atoms with Crippen molar-refractivity contribution in [3.8, 4) is 0 Å². The Balaban J connectivity index is 1.90. The second kappa shape index (κ2) is 4.49. The van der Waals surface area contributed by atoms with E-state index in [1.54, 1.807) is 0 Å². The van der Waals surface area contributed by atoms with Crippen molar-refractivity contribution >= 4 is 5.91 Å². The standard InChI is InChI=1S/C11H21N3O/c1-9(2)14-6-5-13(8-11(14)15)10-3-4-12-7-10/h9-10,12H,3-8H2,1-2H3. The van der Waals surface area contributed by atoms with Crippen LogP contribution in [0.3, 0.4) is 0 Å². The number of piperazine rings is 1. The SMILES string of the molecule is CC(C)N1CCN(C2CCNC2)CC1=O. The van der Waals surface area contributed by atoms with Gasteiger partial charge in [0.05, 0.1) is 6.54 Å². The lowest BCUT2D eigenvalue weighted by atomic mass is 10.1. The summed E-state index contributed by atoms with van der Waals surface area (Å²) in [5.41, 5.74) is 0. The van der Waals surface area contributed by atoms with Gasteiger partial charge in [-0.05, 0) is 26.8 Å². The minimum atomic E-state index is 0.295. The summed E-state index contributed by atoms with van der Waals surface area (Å²) < 4.78 is 0. The molecule has 2 fully saturated rings. The molecule has 1 amide bonds. The van der Waals surface area contributed by atoms with Gasteiger partial charge < -0.3 is 10.2 Å². The number of nitrogens with one attached hydrogen (secondary N) is 1. The van der Waals surface area contributed by atoms with Gasteiger partial charge in [-0.1, -0.05) is 0 Å². The van der Waals surface area contributed by atoms with E-state index in [0.717, 1.165) is 26.2 Å². The Morgan fingerprint density at radius 3 is 2.73 bits per heavy atom. The Hall–Kier alpha value is -0.610. The van der Waals surface area contributed by atoms with Crippen LogP contribution in [-0.4, -0.2) is 60.5 Å². The van der Waals surface area contributed by atoms with Crippen molar-refractivity contribution in [1.82, 2.24) is 15.1 Å². The van der Waals surface area contributed by atoms with Gasteiger partial charge in [-0.25, -0.2) is 0 Å². The van der Waals surface area contributed by atoms with Crippen LogP contribution in [0.5, 0.6) is 0 Å². The van der Waals surface area contributed by atoms with E-state index in [0.29, 0.717) is 24.5 Å². The number of rotatable bonds is 2. The molecule has 0 saturated carbocycles. The van der Waals surface area contributed by atoms with Crippen LogP contribution in [0.25, 0.3) is 0 Å². The molecule has 2 heterocycles. The third-order valence-corrected chi connectivity index (χ3v) is 3.46. The summed E-state index contributed by atoms with van der Waals surface area (Å²) in [6, 6.07) is 0.935. The van der Waals surface area contributed by atoms with Crippen LogP contribution in [0.2, 0.25) is 0 Å². The van der Waals surface area contributed by atoms with Crippen molar-refractivity contribution in [2.75, 3.05) is 32.7 Å². The maximum absolute atomic E-state index is 11.9. The van der Waals surface area contributed by atoms with Crippen LogP contribution in [0.1, 0.15) is 20.3 Å². The van der Waals surface area contributed by atoms with Crippen molar-refractivity contribution in [2.24, 2.45) is 0 Å². The largest absolute Gasteiger partial charge is 0.338 e. The molecule has 4 heteroatoms. The molecule has 0 aromatic heterocycles. The van der Waals surface area contributed by atoms with E-state index in [9.17, 15) is 4.79 Å². The molecule has 0 aromatic carbocycles. The Bertz CT molecular complexity index is 236. The molecule has 86 valence electrons. The summed E-state index contributed by atoms with van der Waals surface area (Å²) in [6.07, 6.45) is 1.19. The molecule has 0 aromatic rings. The summed E-state index contributed by atoms with van der Waals surface area (Å²) in [5.74, 6) is 0.295. The van der Waals surface area contributed by atoms with Crippen LogP contribution in [0.15, 0.2) is 0 Å². The summed E-state index contributed by atoms with van der Waals surface area (Å²) in [4.78, 5) is 16.2. The zero-order chi connectivity index (χ0) is 10.8. The van der Waals surface area contributed by atoms with Crippen LogP contribution in [0.4, 0.5) is 0 Å². The predicted octanol–water partition coefficient (Wildman–Crippen LogP) is -0.0991. The Labute approximate surface area is 91.6 Å². The topological polar surface area (TPSA) is 35.6 Å². The smallest absolute Gasteiger partial charge is 0.237 e. The van der Waals surface area contributed by atoms with E-state index >= 15 is 0 Å². The average molecular weight is 211 g/mol. The first-order valence-electron chi connectivity index (χ1n) is 5.92. The molecule has 0 bridgehead atoms. The zero-order valence-electron chi connectivity index (χ0n) is 9.70. The van der Waals surface area contributed by atoms with Gasteiger partial charge in [0.1, 0.15) is 0 Å². The Morgan fingerprint density at radius 1 is 1.40 bits per heavy atom. The molecule has 1 atom stereocenters. The quantitative estimate of drug-likeness (QED) is 0.693. The van der Waals surface area contributed by atoms with E-state index in [2.05, 4.69) is 24.1 Å². The normalized spacial score (nSPS) is 29.1. The first kappa shape index (κ1) is 10.9. The Kier molecular flexibility index (Phi) is 3.26. The minimum Gasteiger partial charge on any atom is -0.338 e. The number of hydrogen-bond acceptors (Lipinski definition) is 3. The average Bonchev–Trinajstić information content (AvgIpc) is 2.69. The van der Waals surface area contributed by atoms with E-state index in [1.165, 1.54) is 6.42 Å². The van der Waals surface area contributed by atoms with Crippen LogP contribution in [0, 0.1) is 0 Å². The molecule has 4 nitrogen and oxygen atoms in total. The molecule has 2 aliphatic rings. The van der Waals surface area contributed by atoms with Crippen molar-refractivity contribution in [1.29, 1.82) is 0 Å². The first-order chi connectivity index (χ1) is 7.18. The first-order valence-corrected chi connectivity index (χ1v) is 5.92. The maximum atomic E-state index is 11.9. The second-order valence-electron chi connectivity index (χ2n) is 4.80. The van der Waals surface area contributed by atoms with E-state index in [1.807, 2.05) is 4.90 Å². The van der Waals surface area contributed by atoms with Crippen LogP contribution in [-0.2, 0) is 4.79 Å². The molecule has 0 aliphatic carbocycles. The summed E-state index contributed by atoms with van der Waals surface area (Å²) >= 11 is 0. The van der Waals surface area contributed by atoms with E-state index in [4.69, 9.17) is 0 Å². The van der Waals surface area contributed by atoms with Gasteiger partial charge in [-0.3, -0.25) is 9.69 Å². The summed E-state index contributed by atoms with van der Waals surface area (Å²) in [5, 5.41) is 3.35. The molecule has 2 aliphatic heterocycles. The molecule has 2 rings (SSSR count). The highest BCUT2D eigenvalue weighted by Crippen LogP contribution is 2.14. The van der Waals surface area contributed by atoms with Gasteiger partial charge in [0, 0.05) is 31.7 Å². The minimum absolute atomic E-state index is 0.295. The molecule has 1 N–H and O–H groups in total. The van der Waals surface area contributed by atoms with Gasteiger partial charge in [-0.15, -0.1) is 0 Å². The molecule has 15 heavy (non-hydrogen) atoms. The van der Waals surface area contributed by atoms with Gasteiger partial charge in [0.15, 0.2) is 0 Å². The second-order valence-corrected chi connectivity index (χ2v) is 4.80. The van der Waals surface area contributed by atoms with Crippen molar-refractivity contribution in [3.05, 3.63) is 0 Å². The molecular formula is C11H21N3O. The fourth-order valence-electron chi connectivity index (χ4n) is 2.51. The molecule has 0 spiro atoms. The fraction of sp³-hybridized carbons (Fsp3) is 0.909. The van der Waals surface area contributed by atoms with Gasteiger partial charge in [0.2, 0.25) is 5.91 Å². The third-order valence-electron chi connectivity index (χ3n) is 3.46. The van der Waals surface area contributed by atoms with E-state index in [-0.39, 0.29) is 0 Å². The highest BCUT2D eigenvalue weighted by Gasteiger charge is 2.30. The number of carbonyl (C=O) groups is 1. The van der Waals surface area contributed by atoms with Gasteiger partial charge >= 0.3 is 0 Å². The lowest BCUT2D eigenvalue weighted by Gasteiger charge is -2.39. The van der Waals surface area contributed by atoms with E-state index < -0.39 is 0 Å². The molecule has 1 unspecified atom stereocenters. The third kappa shape index (κ3) is 2.32. The monoisotopic (exact) mass is 211 g/mol. The highest BCUT2D eigenvalue weighted by molar-refractivity contribution is 5.79. The van der Waals surface area contributed by atoms with Crippen molar-refractivity contribution < 1.29 is 4.79 Å². The van der Waals surface area contributed by atoms with Gasteiger partial charge in [-0.2, -0.15) is 0 Å². The zero-order valence-corrected chi connectivity index (χ0v) is 9.70. The van der Waals surface area contributed by atoms with Crippen LogP contribution >= 0.6 is 0 Å². The maximum Gasteiger partial charge on any atom is 0.237 e. The fourth-order valence-corrected chi connectivity index (χ4v) is 2.51. The molecular weight excluding hydrogens is 190 g/mol. The van der Waals surface area contributed by atoms with Crippen molar-refractivity contribution in [3.63, 3.8) is 0 Å².